The van der Waals surface area contributed by atoms with Gasteiger partial charge in [0.1, 0.15) is 5.82 Å². The lowest BCUT2D eigenvalue weighted by molar-refractivity contribution is 0.770. The van der Waals surface area contributed by atoms with E-state index in [4.69, 9.17) is 5.73 Å². The van der Waals surface area contributed by atoms with Gasteiger partial charge in [-0.2, -0.15) is 0 Å². The van der Waals surface area contributed by atoms with E-state index < -0.39 is 0 Å². The first kappa shape index (κ1) is 10.5. The maximum Gasteiger partial charge on any atom is 0.203 e. The summed E-state index contributed by atoms with van der Waals surface area (Å²) in [5.41, 5.74) is 6.49. The second kappa shape index (κ2) is 3.96. The molecule has 0 aromatic carbocycles. The van der Waals surface area contributed by atoms with Crippen molar-refractivity contribution < 1.29 is 0 Å². The Morgan fingerprint density at radius 2 is 2.29 bits per heavy atom. The molecule has 2 aromatic rings. The molecule has 0 saturated heterocycles. The predicted octanol–water partition coefficient (Wildman–Crippen LogP) is 0.360. The van der Waals surface area contributed by atoms with E-state index in [0.717, 1.165) is 23.8 Å². The van der Waals surface area contributed by atoms with Crippen LogP contribution in [-0.2, 0) is 0 Å². The summed E-state index contributed by atoms with van der Waals surface area (Å²) in [5.74, 6) is 1.79. The third-order valence-corrected chi connectivity index (χ3v) is 3.11. The summed E-state index contributed by atoms with van der Waals surface area (Å²) in [5, 5.41) is 8.29. The summed E-state index contributed by atoms with van der Waals surface area (Å²) >= 11 is 0. The maximum absolute atomic E-state index is 5.67. The Morgan fingerprint density at radius 3 is 3.00 bits per heavy atom. The Hall–Kier alpha value is -1.69. The fraction of sp³-hybridized carbons (Fsp3) is 0.545. The average molecular weight is 232 g/mol. The highest BCUT2D eigenvalue weighted by Crippen LogP contribution is 2.31. The van der Waals surface area contributed by atoms with Gasteiger partial charge in [-0.15, -0.1) is 10.2 Å². The zero-order valence-corrected chi connectivity index (χ0v) is 9.87. The van der Waals surface area contributed by atoms with Crippen molar-refractivity contribution in [2.24, 2.45) is 5.73 Å². The molecule has 1 aliphatic rings. The van der Waals surface area contributed by atoms with Crippen molar-refractivity contribution in [3.05, 3.63) is 18.2 Å². The predicted molar refractivity (Wildman–Crippen MR) is 64.9 cm³/mol. The zero-order valence-electron chi connectivity index (χ0n) is 9.87. The van der Waals surface area contributed by atoms with Gasteiger partial charge in [-0.3, -0.25) is 4.40 Å². The lowest BCUT2D eigenvalue weighted by Gasteiger charge is -2.22. The van der Waals surface area contributed by atoms with E-state index in [1.807, 2.05) is 17.5 Å². The monoisotopic (exact) mass is 232 g/mol. The molecule has 2 aromatic heterocycles. The summed E-state index contributed by atoms with van der Waals surface area (Å²) in [4.78, 5) is 6.70. The van der Waals surface area contributed by atoms with Crippen molar-refractivity contribution in [3.63, 3.8) is 0 Å². The fourth-order valence-electron chi connectivity index (χ4n) is 2.12. The Morgan fingerprint density at radius 1 is 1.47 bits per heavy atom. The van der Waals surface area contributed by atoms with Gasteiger partial charge < -0.3 is 10.6 Å². The minimum absolute atomic E-state index is 0.578. The lowest BCUT2D eigenvalue weighted by atomic mass is 10.4. The van der Waals surface area contributed by atoms with Gasteiger partial charge in [-0.05, 0) is 19.8 Å². The minimum atomic E-state index is 0.578. The molecular weight excluding hydrogens is 216 g/mol. The number of aryl methyl sites for hydroxylation is 1. The summed E-state index contributed by atoms with van der Waals surface area (Å²) in [6.45, 7) is 3.39. The highest BCUT2D eigenvalue weighted by Gasteiger charge is 2.31. The molecule has 6 heteroatoms. The highest BCUT2D eigenvalue weighted by molar-refractivity contribution is 5.64. The number of hydrogen-bond donors (Lipinski definition) is 1. The van der Waals surface area contributed by atoms with Gasteiger partial charge in [0.15, 0.2) is 5.82 Å². The number of aromatic nitrogens is 4. The number of rotatable bonds is 4. The van der Waals surface area contributed by atoms with Crippen LogP contribution in [0, 0.1) is 6.92 Å². The van der Waals surface area contributed by atoms with Crippen LogP contribution in [0.4, 0.5) is 5.82 Å². The van der Waals surface area contributed by atoms with Crippen LogP contribution in [0.2, 0.25) is 0 Å². The van der Waals surface area contributed by atoms with Crippen molar-refractivity contribution in [2.75, 3.05) is 18.0 Å². The largest absolute Gasteiger partial charge is 0.349 e. The molecule has 1 fully saturated rings. The number of hydrogen-bond acceptors (Lipinski definition) is 5. The molecule has 0 atom stereocenters. The third-order valence-electron chi connectivity index (χ3n) is 3.11. The van der Waals surface area contributed by atoms with Crippen molar-refractivity contribution in [1.82, 2.24) is 19.6 Å². The normalized spacial score (nSPS) is 15.4. The van der Waals surface area contributed by atoms with Crippen molar-refractivity contribution >= 4 is 11.5 Å². The maximum atomic E-state index is 5.67. The van der Waals surface area contributed by atoms with E-state index >= 15 is 0 Å². The number of anilines is 1. The zero-order chi connectivity index (χ0) is 11.8. The van der Waals surface area contributed by atoms with Crippen LogP contribution in [0.1, 0.15) is 18.7 Å². The topological polar surface area (TPSA) is 72.3 Å². The Bertz CT molecular complexity index is 530. The van der Waals surface area contributed by atoms with Gasteiger partial charge in [-0.25, -0.2) is 4.98 Å². The quantitative estimate of drug-likeness (QED) is 0.824. The molecule has 0 spiro atoms. The highest BCUT2D eigenvalue weighted by atomic mass is 15.3. The van der Waals surface area contributed by atoms with E-state index in [2.05, 4.69) is 20.1 Å². The molecule has 1 aliphatic carbocycles. The third kappa shape index (κ3) is 1.74. The van der Waals surface area contributed by atoms with Crippen LogP contribution >= 0.6 is 0 Å². The van der Waals surface area contributed by atoms with Gasteiger partial charge in [0.25, 0.3) is 0 Å². The number of nitrogens with zero attached hydrogens (tertiary/aromatic N) is 5. The van der Waals surface area contributed by atoms with Crippen LogP contribution in [0.3, 0.4) is 0 Å². The molecule has 90 valence electrons. The van der Waals surface area contributed by atoms with Crippen LogP contribution in [0.5, 0.6) is 0 Å². The van der Waals surface area contributed by atoms with Crippen molar-refractivity contribution in [2.45, 2.75) is 25.8 Å². The standard InChI is InChI=1S/C11H16N6/c1-8-14-15-11-10(13-5-7-16(8)11)17(6-4-12)9-2-3-9/h5,7,9H,2-4,6,12H2,1H3. The van der Waals surface area contributed by atoms with Crippen LogP contribution in [0.15, 0.2) is 12.4 Å². The molecule has 0 bridgehead atoms. The summed E-state index contributed by atoms with van der Waals surface area (Å²) in [7, 11) is 0. The molecule has 0 unspecified atom stereocenters. The smallest absolute Gasteiger partial charge is 0.203 e. The molecule has 17 heavy (non-hydrogen) atoms. The molecule has 0 radical (unpaired) electrons. The lowest BCUT2D eigenvalue weighted by Crippen LogP contribution is -2.32. The fourth-order valence-corrected chi connectivity index (χ4v) is 2.12. The van der Waals surface area contributed by atoms with Gasteiger partial charge in [0.2, 0.25) is 5.65 Å². The summed E-state index contributed by atoms with van der Waals surface area (Å²) in [6, 6.07) is 0.578. The number of nitrogens with two attached hydrogens (primary N) is 1. The molecule has 2 heterocycles. The molecule has 2 N–H and O–H groups in total. The first-order valence-electron chi connectivity index (χ1n) is 5.94. The van der Waals surface area contributed by atoms with E-state index in [1.165, 1.54) is 12.8 Å². The molecule has 1 saturated carbocycles. The van der Waals surface area contributed by atoms with Gasteiger partial charge in [0.05, 0.1) is 0 Å². The van der Waals surface area contributed by atoms with E-state index in [0.29, 0.717) is 12.6 Å². The first-order chi connectivity index (χ1) is 8.31. The Kier molecular flexibility index (Phi) is 2.44. The second-order valence-corrected chi connectivity index (χ2v) is 4.40. The first-order valence-corrected chi connectivity index (χ1v) is 5.94. The molecule has 0 aliphatic heterocycles. The molecular formula is C11H16N6. The molecule has 3 rings (SSSR count). The van der Waals surface area contributed by atoms with Gasteiger partial charge in [-0.1, -0.05) is 0 Å². The minimum Gasteiger partial charge on any atom is -0.349 e. The Balaban J connectivity index is 2.08. The molecule has 0 amide bonds. The van der Waals surface area contributed by atoms with E-state index in [1.54, 1.807) is 6.20 Å². The van der Waals surface area contributed by atoms with Crippen molar-refractivity contribution in [1.29, 1.82) is 0 Å². The van der Waals surface area contributed by atoms with E-state index in [9.17, 15) is 0 Å². The SMILES string of the molecule is Cc1nnc2c(N(CCN)C3CC3)nccn12. The Labute approximate surface area is 99.5 Å². The molecule has 6 nitrogen and oxygen atoms in total. The average Bonchev–Trinajstić information content (AvgIpc) is 3.11. The van der Waals surface area contributed by atoms with Gasteiger partial charge >= 0.3 is 0 Å². The summed E-state index contributed by atoms with van der Waals surface area (Å²) < 4.78 is 1.97. The van der Waals surface area contributed by atoms with Crippen LogP contribution in [-0.4, -0.2) is 38.7 Å². The van der Waals surface area contributed by atoms with Crippen LogP contribution < -0.4 is 10.6 Å². The van der Waals surface area contributed by atoms with Crippen molar-refractivity contribution in [3.8, 4) is 0 Å². The van der Waals surface area contributed by atoms with Crippen LogP contribution in [0.25, 0.3) is 5.65 Å². The van der Waals surface area contributed by atoms with Gasteiger partial charge in [0, 0.05) is 31.5 Å². The second-order valence-electron chi connectivity index (χ2n) is 4.40. The summed E-state index contributed by atoms with van der Waals surface area (Å²) in [6.07, 6.45) is 6.12. The van der Waals surface area contributed by atoms with E-state index in [-0.39, 0.29) is 0 Å². The number of fused-ring (bicyclic) bond motifs is 1.